The lowest BCUT2D eigenvalue weighted by molar-refractivity contribution is 0.0699. The van der Waals surface area contributed by atoms with Crippen molar-refractivity contribution in [3.05, 3.63) is 59.7 Å². The van der Waals surface area contributed by atoms with Gasteiger partial charge in [0.05, 0.1) is 23.4 Å². The molecule has 0 radical (unpaired) electrons. The third-order valence-electron chi connectivity index (χ3n) is 4.36. The number of rotatable bonds is 7. The van der Waals surface area contributed by atoms with Crippen LogP contribution in [-0.4, -0.2) is 22.7 Å². The number of aromatic carboxylic acids is 1. The maximum Gasteiger partial charge on any atom is 0.336 e. The zero-order valence-electron chi connectivity index (χ0n) is 15.2. The summed E-state index contributed by atoms with van der Waals surface area (Å²) < 4.78 is 5.73. The van der Waals surface area contributed by atoms with E-state index in [4.69, 9.17) is 4.74 Å². The zero-order chi connectivity index (χ0) is 18.5. The Kier molecular flexibility index (Phi) is 5.52. The summed E-state index contributed by atoms with van der Waals surface area (Å²) in [6.07, 6.45) is 3.38. The van der Waals surface area contributed by atoms with Gasteiger partial charge in [-0.25, -0.2) is 9.78 Å². The minimum Gasteiger partial charge on any atom is -0.494 e. The fraction of sp³-hybridized carbons (Fsp3) is 0.273. The Bertz CT molecular complexity index is 917. The molecule has 3 aromatic rings. The van der Waals surface area contributed by atoms with Crippen LogP contribution in [0.3, 0.4) is 0 Å². The summed E-state index contributed by atoms with van der Waals surface area (Å²) >= 11 is 0. The predicted molar refractivity (Wildman–Crippen MR) is 104 cm³/mol. The Morgan fingerprint density at radius 3 is 2.54 bits per heavy atom. The number of fused-ring (bicyclic) bond motifs is 1. The Labute approximate surface area is 153 Å². The molecule has 0 atom stereocenters. The third-order valence-corrected chi connectivity index (χ3v) is 4.36. The summed E-state index contributed by atoms with van der Waals surface area (Å²) in [4.78, 5) is 16.3. The molecule has 0 fully saturated rings. The molecule has 4 nitrogen and oxygen atoms in total. The molecule has 0 saturated carbocycles. The number of benzene rings is 2. The van der Waals surface area contributed by atoms with Gasteiger partial charge in [0.15, 0.2) is 0 Å². The molecule has 0 saturated heterocycles. The average Bonchev–Trinajstić information content (AvgIpc) is 2.65. The molecule has 26 heavy (non-hydrogen) atoms. The van der Waals surface area contributed by atoms with Crippen molar-refractivity contribution in [2.45, 2.75) is 33.1 Å². The molecule has 4 heteroatoms. The van der Waals surface area contributed by atoms with Gasteiger partial charge < -0.3 is 9.84 Å². The molecule has 1 N–H and O–H groups in total. The highest BCUT2D eigenvalue weighted by Crippen LogP contribution is 2.27. The number of aromatic nitrogens is 1. The molecule has 134 valence electrons. The number of nitrogens with zero attached hydrogens (tertiary/aromatic N) is 1. The zero-order valence-corrected chi connectivity index (χ0v) is 15.2. The summed E-state index contributed by atoms with van der Waals surface area (Å²) in [5, 5.41) is 10.2. The standard InChI is InChI=1S/C22H23NO3/c1-3-4-5-12-26-17-9-7-16(8-10-17)21-14-19(22(24)25)18-13-15(2)6-11-20(18)23-21/h6-11,13-14H,3-5,12H2,1-2H3,(H,24,25). The van der Waals surface area contributed by atoms with Gasteiger partial charge in [-0.15, -0.1) is 0 Å². The number of pyridine rings is 1. The molecule has 0 aliphatic heterocycles. The van der Waals surface area contributed by atoms with Gasteiger partial charge in [-0.05, 0) is 55.8 Å². The first-order valence-corrected chi connectivity index (χ1v) is 8.96. The van der Waals surface area contributed by atoms with E-state index in [-0.39, 0.29) is 5.56 Å². The smallest absolute Gasteiger partial charge is 0.336 e. The maximum absolute atomic E-state index is 11.7. The van der Waals surface area contributed by atoms with Crippen LogP contribution in [0.2, 0.25) is 0 Å². The number of ether oxygens (including phenoxy) is 1. The van der Waals surface area contributed by atoms with Crippen molar-refractivity contribution in [3.63, 3.8) is 0 Å². The molecule has 0 amide bonds. The van der Waals surface area contributed by atoms with Crippen LogP contribution >= 0.6 is 0 Å². The van der Waals surface area contributed by atoms with Gasteiger partial charge in [0.1, 0.15) is 5.75 Å². The third kappa shape index (κ3) is 4.02. The van der Waals surface area contributed by atoms with Gasteiger partial charge in [0.2, 0.25) is 0 Å². The molecular formula is C22H23NO3. The van der Waals surface area contributed by atoms with Gasteiger partial charge in [-0.1, -0.05) is 31.4 Å². The lowest BCUT2D eigenvalue weighted by atomic mass is 10.0. The SMILES string of the molecule is CCCCCOc1ccc(-c2cc(C(=O)O)c3cc(C)ccc3n2)cc1. The van der Waals surface area contributed by atoms with Gasteiger partial charge >= 0.3 is 5.97 Å². The molecule has 0 unspecified atom stereocenters. The van der Waals surface area contributed by atoms with Crippen molar-refractivity contribution in [2.24, 2.45) is 0 Å². The van der Waals surface area contributed by atoms with Gasteiger partial charge in [0, 0.05) is 10.9 Å². The van der Waals surface area contributed by atoms with E-state index in [1.54, 1.807) is 6.07 Å². The Morgan fingerprint density at radius 2 is 1.85 bits per heavy atom. The molecule has 0 spiro atoms. The molecule has 3 rings (SSSR count). The van der Waals surface area contributed by atoms with Crippen LogP contribution in [0.5, 0.6) is 5.75 Å². The van der Waals surface area contributed by atoms with Crippen molar-refractivity contribution in [2.75, 3.05) is 6.61 Å². The molecule has 1 aromatic heterocycles. The number of hydrogen-bond donors (Lipinski definition) is 1. The van der Waals surface area contributed by atoms with Crippen LogP contribution < -0.4 is 4.74 Å². The van der Waals surface area contributed by atoms with E-state index < -0.39 is 5.97 Å². The monoisotopic (exact) mass is 349 g/mol. The van der Waals surface area contributed by atoms with Gasteiger partial charge in [-0.2, -0.15) is 0 Å². The second kappa shape index (κ2) is 8.00. The van der Waals surface area contributed by atoms with E-state index in [0.29, 0.717) is 23.2 Å². The first kappa shape index (κ1) is 17.9. The minimum atomic E-state index is -0.944. The fourth-order valence-corrected chi connectivity index (χ4v) is 2.93. The van der Waals surface area contributed by atoms with E-state index in [1.807, 2.05) is 49.4 Å². The first-order chi connectivity index (χ1) is 12.6. The van der Waals surface area contributed by atoms with Gasteiger partial charge in [0.25, 0.3) is 0 Å². The largest absolute Gasteiger partial charge is 0.494 e. The molecule has 0 aliphatic rings. The number of carbonyl (C=O) groups is 1. The van der Waals surface area contributed by atoms with E-state index in [2.05, 4.69) is 11.9 Å². The number of aryl methyl sites for hydroxylation is 1. The Balaban J connectivity index is 1.90. The van der Waals surface area contributed by atoms with E-state index in [0.717, 1.165) is 29.7 Å². The Morgan fingerprint density at radius 1 is 1.08 bits per heavy atom. The van der Waals surface area contributed by atoms with E-state index >= 15 is 0 Å². The Hall–Kier alpha value is -2.88. The van der Waals surface area contributed by atoms with Crippen LogP contribution in [0.15, 0.2) is 48.5 Å². The maximum atomic E-state index is 11.7. The van der Waals surface area contributed by atoms with Crippen molar-refractivity contribution in [1.82, 2.24) is 4.98 Å². The van der Waals surface area contributed by atoms with Crippen molar-refractivity contribution < 1.29 is 14.6 Å². The second-order valence-corrected chi connectivity index (χ2v) is 6.46. The summed E-state index contributed by atoms with van der Waals surface area (Å²) in [5.41, 5.74) is 3.49. The van der Waals surface area contributed by atoms with Crippen molar-refractivity contribution in [1.29, 1.82) is 0 Å². The van der Waals surface area contributed by atoms with Crippen LogP contribution in [-0.2, 0) is 0 Å². The number of hydrogen-bond acceptors (Lipinski definition) is 3. The number of carboxylic acids is 1. The second-order valence-electron chi connectivity index (χ2n) is 6.46. The highest BCUT2D eigenvalue weighted by molar-refractivity contribution is 6.03. The normalized spacial score (nSPS) is 10.8. The number of carboxylic acid groups (broad SMARTS) is 1. The quantitative estimate of drug-likeness (QED) is 0.574. The molecular weight excluding hydrogens is 326 g/mol. The number of unbranched alkanes of at least 4 members (excludes halogenated alkanes) is 2. The first-order valence-electron chi connectivity index (χ1n) is 8.96. The summed E-state index contributed by atoms with van der Waals surface area (Å²) in [7, 11) is 0. The van der Waals surface area contributed by atoms with Crippen molar-refractivity contribution in [3.8, 4) is 17.0 Å². The van der Waals surface area contributed by atoms with E-state index in [1.165, 1.54) is 6.42 Å². The lowest BCUT2D eigenvalue weighted by Gasteiger charge is -2.09. The lowest BCUT2D eigenvalue weighted by Crippen LogP contribution is -2.01. The molecule has 0 aliphatic carbocycles. The summed E-state index contributed by atoms with van der Waals surface area (Å²) in [6, 6.07) is 15.0. The van der Waals surface area contributed by atoms with Crippen LogP contribution in [0.4, 0.5) is 0 Å². The summed E-state index contributed by atoms with van der Waals surface area (Å²) in [6.45, 7) is 4.82. The average molecular weight is 349 g/mol. The highest BCUT2D eigenvalue weighted by atomic mass is 16.5. The highest BCUT2D eigenvalue weighted by Gasteiger charge is 2.13. The van der Waals surface area contributed by atoms with Crippen molar-refractivity contribution >= 4 is 16.9 Å². The topological polar surface area (TPSA) is 59.4 Å². The van der Waals surface area contributed by atoms with Gasteiger partial charge in [-0.3, -0.25) is 0 Å². The fourth-order valence-electron chi connectivity index (χ4n) is 2.93. The van der Waals surface area contributed by atoms with E-state index in [9.17, 15) is 9.90 Å². The predicted octanol–water partition coefficient (Wildman–Crippen LogP) is 5.48. The van der Waals surface area contributed by atoms with Crippen LogP contribution in [0, 0.1) is 6.92 Å². The minimum absolute atomic E-state index is 0.272. The van der Waals surface area contributed by atoms with Crippen LogP contribution in [0.1, 0.15) is 42.1 Å². The molecule has 1 heterocycles. The molecule has 0 bridgehead atoms. The van der Waals surface area contributed by atoms with Crippen LogP contribution in [0.25, 0.3) is 22.2 Å². The molecule has 2 aromatic carbocycles. The summed E-state index contributed by atoms with van der Waals surface area (Å²) in [5.74, 6) is -0.125.